The van der Waals surface area contributed by atoms with E-state index in [4.69, 9.17) is 28.3 Å². The van der Waals surface area contributed by atoms with Gasteiger partial charge in [-0.1, -0.05) is 23.2 Å². The smallest absolute Gasteiger partial charge is 0.337 e. The van der Waals surface area contributed by atoms with Gasteiger partial charge < -0.3 is 15.2 Å². The molecule has 0 aliphatic carbocycles. The van der Waals surface area contributed by atoms with E-state index in [-0.39, 0.29) is 34.3 Å². The van der Waals surface area contributed by atoms with Gasteiger partial charge in [-0.25, -0.2) is 13.6 Å². The van der Waals surface area contributed by atoms with Crippen LogP contribution < -0.4 is 5.32 Å². The Hall–Kier alpha value is -1.44. The average molecular weight is 342 g/mol. The lowest BCUT2D eigenvalue weighted by atomic mass is 10.1. The number of carboxylic acid groups (broad SMARTS) is 1. The molecule has 1 aromatic carbocycles. The molecule has 0 atom stereocenters. The molecule has 0 aromatic heterocycles. The molecule has 9 heteroatoms. The third kappa shape index (κ3) is 5.82. The fourth-order valence-electron chi connectivity index (χ4n) is 1.41. The SMILES string of the molecule is O=C(CCOCC(F)F)Nc1c(Cl)cc(Cl)cc1C(=O)O. The Balaban J connectivity index is 2.70. The number of nitrogens with one attached hydrogen (secondary N) is 1. The lowest BCUT2D eigenvalue weighted by Crippen LogP contribution is -2.18. The van der Waals surface area contributed by atoms with Gasteiger partial charge in [0.1, 0.15) is 6.61 Å². The molecule has 2 N–H and O–H groups in total. The largest absolute Gasteiger partial charge is 0.478 e. The van der Waals surface area contributed by atoms with Crippen molar-refractivity contribution in [1.82, 2.24) is 0 Å². The highest BCUT2D eigenvalue weighted by Crippen LogP contribution is 2.30. The van der Waals surface area contributed by atoms with Crippen LogP contribution in [0.5, 0.6) is 0 Å². The Kier molecular flexibility index (Phi) is 6.80. The van der Waals surface area contributed by atoms with Crippen LogP contribution >= 0.6 is 23.2 Å². The zero-order valence-electron chi connectivity index (χ0n) is 10.5. The standard InChI is InChI=1S/C12H11Cl2F2NO4/c13-6-3-7(12(19)20)11(8(14)4-6)17-10(18)1-2-21-5-9(15)16/h3-4,9H,1-2,5H2,(H,17,18)(H,19,20). The summed E-state index contributed by atoms with van der Waals surface area (Å²) in [4.78, 5) is 22.7. The van der Waals surface area contributed by atoms with E-state index >= 15 is 0 Å². The predicted molar refractivity (Wildman–Crippen MR) is 73.5 cm³/mol. The topological polar surface area (TPSA) is 75.6 Å². The van der Waals surface area contributed by atoms with Crippen LogP contribution in [0.2, 0.25) is 10.0 Å². The molecular weight excluding hydrogens is 331 g/mol. The van der Waals surface area contributed by atoms with Crippen LogP contribution in [0.4, 0.5) is 14.5 Å². The van der Waals surface area contributed by atoms with E-state index in [1.165, 1.54) is 6.07 Å². The van der Waals surface area contributed by atoms with E-state index in [0.29, 0.717) is 0 Å². The molecule has 0 heterocycles. The fourth-order valence-corrected chi connectivity index (χ4v) is 1.95. The summed E-state index contributed by atoms with van der Waals surface area (Å²) < 4.78 is 28.2. The van der Waals surface area contributed by atoms with Crippen molar-refractivity contribution in [2.75, 3.05) is 18.5 Å². The van der Waals surface area contributed by atoms with Crippen molar-refractivity contribution < 1.29 is 28.2 Å². The van der Waals surface area contributed by atoms with E-state index in [1.54, 1.807) is 0 Å². The van der Waals surface area contributed by atoms with Gasteiger partial charge in [0.2, 0.25) is 5.91 Å². The second-order valence-electron chi connectivity index (χ2n) is 3.88. The van der Waals surface area contributed by atoms with E-state index in [9.17, 15) is 18.4 Å². The van der Waals surface area contributed by atoms with Crippen LogP contribution in [0.15, 0.2) is 12.1 Å². The van der Waals surface area contributed by atoms with Gasteiger partial charge in [0, 0.05) is 5.02 Å². The average Bonchev–Trinajstić information content (AvgIpc) is 2.37. The summed E-state index contributed by atoms with van der Waals surface area (Å²) in [6, 6.07) is 2.41. The van der Waals surface area contributed by atoms with Crippen LogP contribution in [0.3, 0.4) is 0 Å². The van der Waals surface area contributed by atoms with Crippen LogP contribution in [-0.2, 0) is 9.53 Å². The third-order valence-electron chi connectivity index (χ3n) is 2.27. The quantitative estimate of drug-likeness (QED) is 0.746. The molecule has 21 heavy (non-hydrogen) atoms. The van der Waals surface area contributed by atoms with Gasteiger partial charge in [0.05, 0.1) is 29.3 Å². The molecule has 116 valence electrons. The maximum atomic E-state index is 11.8. The third-order valence-corrected chi connectivity index (χ3v) is 2.78. The Morgan fingerprint density at radius 1 is 1.33 bits per heavy atom. The maximum Gasteiger partial charge on any atom is 0.337 e. The van der Waals surface area contributed by atoms with Crippen LogP contribution in [0.25, 0.3) is 0 Å². The summed E-state index contributed by atoms with van der Waals surface area (Å²) in [5.41, 5.74) is -0.373. The van der Waals surface area contributed by atoms with Crippen molar-refractivity contribution in [3.05, 3.63) is 27.7 Å². The monoisotopic (exact) mass is 341 g/mol. The first-order valence-corrected chi connectivity index (χ1v) is 6.45. The Morgan fingerprint density at radius 2 is 2.00 bits per heavy atom. The van der Waals surface area contributed by atoms with Crippen molar-refractivity contribution in [3.8, 4) is 0 Å². The number of halogens is 4. The van der Waals surface area contributed by atoms with Gasteiger partial charge in [-0.2, -0.15) is 0 Å². The molecule has 0 saturated carbocycles. The molecule has 0 aliphatic rings. The van der Waals surface area contributed by atoms with Gasteiger partial charge in [-0.15, -0.1) is 0 Å². The molecular formula is C12H11Cl2F2NO4. The molecule has 0 bridgehead atoms. The molecule has 1 aromatic rings. The molecule has 0 spiro atoms. The predicted octanol–water partition coefficient (Wildman–Crippen LogP) is 3.30. The summed E-state index contributed by atoms with van der Waals surface area (Å²) in [6.07, 6.45) is -2.83. The molecule has 0 radical (unpaired) electrons. The fraction of sp³-hybridized carbons (Fsp3) is 0.333. The van der Waals surface area contributed by atoms with Gasteiger partial charge >= 0.3 is 5.97 Å². The highest BCUT2D eigenvalue weighted by molar-refractivity contribution is 6.37. The van der Waals surface area contributed by atoms with Gasteiger partial charge in [0.25, 0.3) is 6.43 Å². The Morgan fingerprint density at radius 3 is 2.57 bits per heavy atom. The highest BCUT2D eigenvalue weighted by atomic mass is 35.5. The highest BCUT2D eigenvalue weighted by Gasteiger charge is 2.17. The number of rotatable bonds is 7. The Bertz CT molecular complexity index is 540. The van der Waals surface area contributed by atoms with Gasteiger partial charge in [-0.3, -0.25) is 4.79 Å². The zero-order valence-corrected chi connectivity index (χ0v) is 12.0. The summed E-state index contributed by atoms with van der Waals surface area (Å²) in [5.74, 6) is -1.93. The number of hydrogen-bond donors (Lipinski definition) is 2. The lowest BCUT2D eigenvalue weighted by Gasteiger charge is -2.11. The van der Waals surface area contributed by atoms with Crippen molar-refractivity contribution in [2.45, 2.75) is 12.8 Å². The minimum Gasteiger partial charge on any atom is -0.478 e. The molecule has 0 saturated heterocycles. The number of aromatic carboxylic acids is 1. The minimum atomic E-state index is -2.61. The zero-order chi connectivity index (χ0) is 16.0. The number of carbonyl (C=O) groups is 2. The number of carbonyl (C=O) groups excluding carboxylic acids is 1. The van der Waals surface area contributed by atoms with E-state index < -0.39 is 24.9 Å². The summed E-state index contributed by atoms with van der Waals surface area (Å²) in [5, 5.41) is 11.4. The molecule has 5 nitrogen and oxygen atoms in total. The summed E-state index contributed by atoms with van der Waals surface area (Å²) in [6.45, 7) is -0.987. The first-order chi connectivity index (χ1) is 9.81. The second kappa shape index (κ2) is 8.11. The van der Waals surface area contributed by atoms with Crippen LogP contribution in [0, 0.1) is 0 Å². The van der Waals surface area contributed by atoms with Gasteiger partial charge in [0.15, 0.2) is 0 Å². The number of amides is 1. The van der Waals surface area contributed by atoms with E-state index in [2.05, 4.69) is 10.1 Å². The Labute approximate surface area is 128 Å². The van der Waals surface area contributed by atoms with Crippen LogP contribution in [-0.4, -0.2) is 36.6 Å². The lowest BCUT2D eigenvalue weighted by molar-refractivity contribution is -0.117. The number of ether oxygens (including phenoxy) is 1. The number of carboxylic acids is 1. The van der Waals surface area contributed by atoms with Crippen molar-refractivity contribution in [2.24, 2.45) is 0 Å². The molecule has 0 fully saturated rings. The van der Waals surface area contributed by atoms with Crippen molar-refractivity contribution in [3.63, 3.8) is 0 Å². The number of benzene rings is 1. The van der Waals surface area contributed by atoms with E-state index in [1.807, 2.05) is 0 Å². The number of anilines is 1. The number of hydrogen-bond acceptors (Lipinski definition) is 3. The minimum absolute atomic E-state index is 0.0400. The second-order valence-corrected chi connectivity index (χ2v) is 4.72. The molecule has 1 rings (SSSR count). The van der Waals surface area contributed by atoms with Gasteiger partial charge in [-0.05, 0) is 12.1 Å². The maximum absolute atomic E-state index is 11.8. The summed E-state index contributed by atoms with van der Waals surface area (Å²) in [7, 11) is 0. The number of alkyl halides is 2. The molecule has 0 aliphatic heterocycles. The molecule has 0 unspecified atom stereocenters. The van der Waals surface area contributed by atoms with Crippen molar-refractivity contribution in [1.29, 1.82) is 0 Å². The van der Waals surface area contributed by atoms with Crippen LogP contribution in [0.1, 0.15) is 16.8 Å². The van der Waals surface area contributed by atoms with Crippen molar-refractivity contribution >= 4 is 40.8 Å². The molecule has 1 amide bonds. The van der Waals surface area contributed by atoms with E-state index in [0.717, 1.165) is 6.07 Å². The first kappa shape index (κ1) is 17.6. The normalized spacial score (nSPS) is 10.7. The summed E-state index contributed by atoms with van der Waals surface area (Å²) >= 11 is 11.5. The first-order valence-electron chi connectivity index (χ1n) is 5.69.